The number of anilines is 1. The highest BCUT2D eigenvalue weighted by atomic mass is 16.4. The first-order valence-corrected chi connectivity index (χ1v) is 6.25. The molecule has 0 bridgehead atoms. The number of hydrogen-bond acceptors (Lipinski definition) is 5. The summed E-state index contributed by atoms with van der Waals surface area (Å²) in [6, 6.07) is 5.25. The summed E-state index contributed by atoms with van der Waals surface area (Å²) in [5, 5.41) is 19.1. The summed E-state index contributed by atoms with van der Waals surface area (Å²) in [6.07, 6.45) is 1.37. The lowest BCUT2D eigenvalue weighted by Gasteiger charge is -2.08. The Balaban J connectivity index is 1.92. The first-order chi connectivity index (χ1) is 9.97. The van der Waals surface area contributed by atoms with Crippen LogP contribution in [-0.2, 0) is 6.54 Å². The molecule has 8 nitrogen and oxygen atoms in total. The third kappa shape index (κ3) is 3.56. The van der Waals surface area contributed by atoms with Gasteiger partial charge in [-0.1, -0.05) is 5.21 Å². The third-order valence-electron chi connectivity index (χ3n) is 2.92. The molecule has 0 saturated heterocycles. The Morgan fingerprint density at radius 2 is 2.19 bits per heavy atom. The summed E-state index contributed by atoms with van der Waals surface area (Å²) in [6.45, 7) is 2.82. The van der Waals surface area contributed by atoms with Gasteiger partial charge in [0.1, 0.15) is 0 Å². The number of nitrogens with zero attached hydrogens (tertiary/aromatic N) is 3. The van der Waals surface area contributed by atoms with Crippen LogP contribution in [0.4, 0.5) is 5.69 Å². The number of aryl methyl sites for hydroxylation is 1. The zero-order valence-electron chi connectivity index (χ0n) is 11.4. The molecule has 1 amide bonds. The molecule has 0 aliphatic rings. The van der Waals surface area contributed by atoms with Gasteiger partial charge in [0, 0.05) is 17.8 Å². The number of aromatic nitrogens is 3. The van der Waals surface area contributed by atoms with Crippen molar-refractivity contribution >= 4 is 17.6 Å². The number of aromatic carboxylic acids is 1. The highest BCUT2D eigenvalue weighted by Gasteiger charge is 2.08. The van der Waals surface area contributed by atoms with Crippen molar-refractivity contribution in [1.82, 2.24) is 15.0 Å². The van der Waals surface area contributed by atoms with E-state index in [1.807, 2.05) is 13.0 Å². The third-order valence-corrected chi connectivity index (χ3v) is 2.92. The molecular formula is C13H15N5O3. The quantitative estimate of drug-likeness (QED) is 0.711. The van der Waals surface area contributed by atoms with Gasteiger partial charge in [-0.25, -0.2) is 9.48 Å². The number of carbonyl (C=O) groups is 2. The van der Waals surface area contributed by atoms with Crippen molar-refractivity contribution in [2.45, 2.75) is 13.5 Å². The van der Waals surface area contributed by atoms with Crippen LogP contribution < -0.4 is 11.1 Å². The lowest BCUT2D eigenvalue weighted by molar-refractivity contribution is 0.0690. The molecule has 0 fully saturated rings. The Kier molecular flexibility index (Phi) is 4.17. The van der Waals surface area contributed by atoms with E-state index in [0.717, 1.165) is 11.3 Å². The van der Waals surface area contributed by atoms with E-state index in [4.69, 9.17) is 10.8 Å². The maximum absolute atomic E-state index is 11.1. The second-order valence-corrected chi connectivity index (χ2v) is 4.49. The molecule has 21 heavy (non-hydrogen) atoms. The molecule has 0 spiro atoms. The molecule has 1 heterocycles. The Labute approximate surface area is 120 Å². The van der Waals surface area contributed by atoms with Crippen molar-refractivity contribution in [1.29, 1.82) is 0 Å². The van der Waals surface area contributed by atoms with Crippen molar-refractivity contribution in [3.05, 3.63) is 41.2 Å². The fraction of sp³-hybridized carbons (Fsp3) is 0.231. The average molecular weight is 289 g/mol. The van der Waals surface area contributed by atoms with E-state index in [9.17, 15) is 9.59 Å². The zero-order valence-corrected chi connectivity index (χ0v) is 11.4. The molecular weight excluding hydrogens is 274 g/mol. The number of carbonyl (C=O) groups excluding carboxylic acids is 1. The number of benzene rings is 1. The number of carboxylic acid groups (broad SMARTS) is 1. The van der Waals surface area contributed by atoms with Gasteiger partial charge in [0.05, 0.1) is 12.7 Å². The number of nitrogens with one attached hydrogen (secondary N) is 1. The summed E-state index contributed by atoms with van der Waals surface area (Å²) in [5.41, 5.74) is 7.28. The van der Waals surface area contributed by atoms with Crippen LogP contribution in [-0.4, -0.2) is 38.5 Å². The van der Waals surface area contributed by atoms with Gasteiger partial charge in [-0.05, 0) is 30.7 Å². The van der Waals surface area contributed by atoms with Crippen LogP contribution in [0, 0.1) is 6.92 Å². The van der Waals surface area contributed by atoms with Gasteiger partial charge in [0.2, 0.25) is 5.91 Å². The van der Waals surface area contributed by atoms with E-state index in [2.05, 4.69) is 15.6 Å². The SMILES string of the molecule is Cc1cc(NCCn2cc(C(=O)O)nn2)ccc1C(N)=O. The summed E-state index contributed by atoms with van der Waals surface area (Å²) < 4.78 is 1.45. The smallest absolute Gasteiger partial charge is 0.358 e. The average Bonchev–Trinajstić information content (AvgIpc) is 2.87. The molecule has 2 rings (SSSR count). The fourth-order valence-electron chi connectivity index (χ4n) is 1.87. The largest absolute Gasteiger partial charge is 0.476 e. The summed E-state index contributed by atoms with van der Waals surface area (Å²) >= 11 is 0. The highest BCUT2D eigenvalue weighted by molar-refractivity contribution is 5.94. The molecule has 4 N–H and O–H groups in total. The summed E-state index contributed by atoms with van der Waals surface area (Å²) in [5.74, 6) is -1.56. The minimum atomic E-state index is -1.10. The molecule has 0 unspecified atom stereocenters. The van der Waals surface area contributed by atoms with E-state index in [0.29, 0.717) is 18.7 Å². The molecule has 1 aromatic heterocycles. The van der Waals surface area contributed by atoms with E-state index in [-0.39, 0.29) is 5.69 Å². The second kappa shape index (κ2) is 6.04. The van der Waals surface area contributed by atoms with Crippen LogP contribution in [0.3, 0.4) is 0 Å². The fourth-order valence-corrected chi connectivity index (χ4v) is 1.87. The van der Waals surface area contributed by atoms with E-state index < -0.39 is 11.9 Å². The van der Waals surface area contributed by atoms with Crippen molar-refractivity contribution < 1.29 is 14.7 Å². The minimum Gasteiger partial charge on any atom is -0.476 e. The molecule has 110 valence electrons. The number of primary amides is 1. The van der Waals surface area contributed by atoms with Crippen LogP contribution in [0.5, 0.6) is 0 Å². The lowest BCUT2D eigenvalue weighted by Crippen LogP contribution is -2.14. The molecule has 2 aromatic rings. The lowest BCUT2D eigenvalue weighted by atomic mass is 10.1. The zero-order chi connectivity index (χ0) is 15.4. The van der Waals surface area contributed by atoms with Crippen LogP contribution >= 0.6 is 0 Å². The monoisotopic (exact) mass is 289 g/mol. The van der Waals surface area contributed by atoms with Crippen LogP contribution in [0.15, 0.2) is 24.4 Å². The van der Waals surface area contributed by atoms with Gasteiger partial charge in [0.15, 0.2) is 5.69 Å². The van der Waals surface area contributed by atoms with Gasteiger partial charge in [-0.15, -0.1) is 5.10 Å². The first-order valence-electron chi connectivity index (χ1n) is 6.25. The number of rotatable bonds is 6. The summed E-state index contributed by atoms with van der Waals surface area (Å²) in [4.78, 5) is 21.8. The second-order valence-electron chi connectivity index (χ2n) is 4.49. The van der Waals surface area contributed by atoms with Gasteiger partial charge in [0.25, 0.3) is 0 Å². The van der Waals surface area contributed by atoms with Crippen LogP contribution in [0.25, 0.3) is 0 Å². The molecule has 0 saturated carbocycles. The van der Waals surface area contributed by atoms with Crippen LogP contribution in [0.1, 0.15) is 26.4 Å². The van der Waals surface area contributed by atoms with E-state index in [1.54, 1.807) is 12.1 Å². The number of nitrogens with two attached hydrogens (primary N) is 1. The topological polar surface area (TPSA) is 123 Å². The number of carboxylic acids is 1. The van der Waals surface area contributed by atoms with E-state index >= 15 is 0 Å². The Morgan fingerprint density at radius 3 is 2.76 bits per heavy atom. The van der Waals surface area contributed by atoms with Crippen LogP contribution in [0.2, 0.25) is 0 Å². The van der Waals surface area contributed by atoms with Crippen molar-refractivity contribution in [2.75, 3.05) is 11.9 Å². The Hall–Kier alpha value is -2.90. The normalized spacial score (nSPS) is 10.3. The molecule has 0 radical (unpaired) electrons. The van der Waals surface area contributed by atoms with Crippen molar-refractivity contribution in [3.63, 3.8) is 0 Å². The number of amides is 1. The maximum Gasteiger partial charge on any atom is 0.358 e. The van der Waals surface area contributed by atoms with Gasteiger partial charge in [-0.3, -0.25) is 4.79 Å². The standard InChI is InChI=1S/C13H15N5O3/c1-8-6-9(2-3-10(8)12(14)19)15-4-5-18-7-11(13(20)21)16-17-18/h2-3,6-7,15H,4-5H2,1H3,(H2,14,19)(H,20,21). The maximum atomic E-state index is 11.1. The molecule has 1 aromatic carbocycles. The van der Waals surface area contributed by atoms with Crippen molar-refractivity contribution in [3.8, 4) is 0 Å². The predicted octanol–water partition coefficient (Wildman–Crippen LogP) is 0.496. The molecule has 0 atom stereocenters. The van der Waals surface area contributed by atoms with Crippen molar-refractivity contribution in [2.24, 2.45) is 5.73 Å². The molecule has 0 aliphatic heterocycles. The van der Waals surface area contributed by atoms with Gasteiger partial charge < -0.3 is 16.2 Å². The Morgan fingerprint density at radius 1 is 1.43 bits per heavy atom. The molecule has 8 heteroatoms. The minimum absolute atomic E-state index is 0.0864. The molecule has 0 aliphatic carbocycles. The van der Waals surface area contributed by atoms with Gasteiger partial charge >= 0.3 is 5.97 Å². The Bertz CT molecular complexity index is 680. The van der Waals surface area contributed by atoms with E-state index in [1.165, 1.54) is 10.9 Å². The predicted molar refractivity (Wildman–Crippen MR) is 75.2 cm³/mol. The highest BCUT2D eigenvalue weighted by Crippen LogP contribution is 2.14. The number of hydrogen-bond donors (Lipinski definition) is 3. The summed E-state index contributed by atoms with van der Waals surface area (Å²) in [7, 11) is 0. The first kappa shape index (κ1) is 14.5. The van der Waals surface area contributed by atoms with Gasteiger partial charge in [-0.2, -0.15) is 0 Å².